The summed E-state index contributed by atoms with van der Waals surface area (Å²) in [5, 5.41) is 3.01. The Hall–Kier alpha value is -0.330. The molecule has 0 amide bonds. The fourth-order valence-electron chi connectivity index (χ4n) is 0.851. The van der Waals surface area contributed by atoms with Gasteiger partial charge < -0.3 is 14.8 Å². The van der Waals surface area contributed by atoms with Crippen molar-refractivity contribution in [3.05, 3.63) is 0 Å². The second-order valence-electron chi connectivity index (χ2n) is 3.15. The Labute approximate surface area is 87.9 Å². The van der Waals surface area contributed by atoms with Gasteiger partial charge in [0.05, 0.1) is 6.61 Å². The Morgan fingerprint density at radius 2 is 1.87 bits per heavy atom. The van der Waals surface area contributed by atoms with Gasteiger partial charge >= 0.3 is 6.18 Å². The summed E-state index contributed by atoms with van der Waals surface area (Å²) in [6.07, 6.45) is -5.38. The molecule has 1 N–H and O–H groups in total. The van der Waals surface area contributed by atoms with Gasteiger partial charge in [-0.15, -0.1) is 0 Å². The van der Waals surface area contributed by atoms with E-state index in [4.69, 9.17) is 4.74 Å². The van der Waals surface area contributed by atoms with Crippen LogP contribution in [0, 0.1) is 0 Å². The van der Waals surface area contributed by atoms with E-state index in [0.717, 1.165) is 6.92 Å². The summed E-state index contributed by atoms with van der Waals surface area (Å²) in [4.78, 5) is 0. The predicted molar refractivity (Wildman–Crippen MR) is 50.8 cm³/mol. The molecule has 0 radical (unpaired) electrons. The van der Waals surface area contributed by atoms with Crippen molar-refractivity contribution in [1.29, 1.82) is 0 Å². The van der Waals surface area contributed by atoms with Crippen molar-refractivity contribution in [2.45, 2.75) is 25.6 Å². The van der Waals surface area contributed by atoms with Gasteiger partial charge in [0.15, 0.2) is 6.10 Å². The molecule has 6 heteroatoms. The van der Waals surface area contributed by atoms with E-state index in [9.17, 15) is 13.2 Å². The van der Waals surface area contributed by atoms with E-state index in [2.05, 4.69) is 10.1 Å². The third kappa shape index (κ3) is 8.65. The molecule has 1 unspecified atom stereocenters. The number of hydrogen-bond acceptors (Lipinski definition) is 3. The molecule has 0 aliphatic carbocycles. The molecule has 0 aromatic heterocycles. The van der Waals surface area contributed by atoms with Crippen molar-refractivity contribution in [3.63, 3.8) is 0 Å². The summed E-state index contributed by atoms with van der Waals surface area (Å²) in [5.41, 5.74) is 0. The number of ether oxygens (including phenoxy) is 2. The predicted octanol–water partition coefficient (Wildman–Crippen LogP) is 1.58. The quantitative estimate of drug-likeness (QED) is 0.641. The van der Waals surface area contributed by atoms with Crippen LogP contribution in [0.2, 0.25) is 0 Å². The molecule has 0 rings (SSSR count). The fraction of sp³-hybridized carbons (Fsp3) is 1.00. The zero-order chi connectivity index (χ0) is 11.7. The second kappa shape index (κ2) is 7.90. The SMILES string of the molecule is COCCNCCCOC(C)C(F)(F)F. The Bertz CT molecular complexity index is 153. The Balaban J connectivity index is 3.24. The molecule has 0 aliphatic heterocycles. The van der Waals surface area contributed by atoms with Gasteiger partial charge in [-0.05, 0) is 19.9 Å². The highest BCUT2D eigenvalue weighted by Crippen LogP contribution is 2.22. The normalized spacial score (nSPS) is 14.2. The van der Waals surface area contributed by atoms with E-state index in [1.807, 2.05) is 0 Å². The smallest absolute Gasteiger partial charge is 0.383 e. The molecular weight excluding hydrogens is 211 g/mol. The average Bonchev–Trinajstić information content (AvgIpc) is 2.14. The number of alkyl halides is 3. The van der Waals surface area contributed by atoms with E-state index in [1.54, 1.807) is 7.11 Å². The minimum atomic E-state index is -4.26. The molecule has 3 nitrogen and oxygen atoms in total. The monoisotopic (exact) mass is 229 g/mol. The van der Waals surface area contributed by atoms with Crippen LogP contribution in [0.1, 0.15) is 13.3 Å². The van der Waals surface area contributed by atoms with Crippen LogP contribution in [0.4, 0.5) is 13.2 Å². The average molecular weight is 229 g/mol. The van der Waals surface area contributed by atoms with Gasteiger partial charge in [-0.3, -0.25) is 0 Å². The number of halogens is 3. The summed E-state index contributed by atoms with van der Waals surface area (Å²) >= 11 is 0. The highest BCUT2D eigenvalue weighted by atomic mass is 19.4. The maximum absolute atomic E-state index is 12.0. The molecule has 0 saturated heterocycles. The van der Waals surface area contributed by atoms with Gasteiger partial charge in [-0.2, -0.15) is 13.2 Å². The van der Waals surface area contributed by atoms with Crippen molar-refractivity contribution >= 4 is 0 Å². The van der Waals surface area contributed by atoms with E-state index in [0.29, 0.717) is 26.1 Å². The van der Waals surface area contributed by atoms with Crippen LogP contribution in [0.15, 0.2) is 0 Å². The van der Waals surface area contributed by atoms with Crippen molar-refractivity contribution in [2.75, 3.05) is 33.4 Å². The maximum atomic E-state index is 12.0. The lowest BCUT2D eigenvalue weighted by molar-refractivity contribution is -0.214. The molecular formula is C9H18F3NO2. The van der Waals surface area contributed by atoms with E-state index < -0.39 is 12.3 Å². The van der Waals surface area contributed by atoms with Crippen LogP contribution >= 0.6 is 0 Å². The van der Waals surface area contributed by atoms with Crippen molar-refractivity contribution in [1.82, 2.24) is 5.32 Å². The maximum Gasteiger partial charge on any atom is 0.414 e. The molecule has 0 aromatic carbocycles. The Kier molecular flexibility index (Phi) is 7.72. The summed E-state index contributed by atoms with van der Waals surface area (Å²) < 4.78 is 45.3. The first-order valence-corrected chi connectivity index (χ1v) is 4.86. The van der Waals surface area contributed by atoms with Gasteiger partial charge in [0, 0.05) is 20.3 Å². The second-order valence-corrected chi connectivity index (χ2v) is 3.15. The van der Waals surface area contributed by atoms with Gasteiger partial charge in [-0.1, -0.05) is 0 Å². The molecule has 1 atom stereocenters. The zero-order valence-electron chi connectivity index (χ0n) is 9.06. The van der Waals surface area contributed by atoms with Crippen LogP contribution in [0.5, 0.6) is 0 Å². The first-order valence-electron chi connectivity index (χ1n) is 4.86. The minimum absolute atomic E-state index is 0.112. The van der Waals surface area contributed by atoms with Gasteiger partial charge in [0.25, 0.3) is 0 Å². The number of rotatable bonds is 8. The van der Waals surface area contributed by atoms with Crippen LogP contribution in [0.3, 0.4) is 0 Å². The molecule has 15 heavy (non-hydrogen) atoms. The summed E-state index contributed by atoms with van der Waals surface area (Å²) in [7, 11) is 1.59. The molecule has 0 saturated carbocycles. The van der Waals surface area contributed by atoms with Crippen LogP contribution in [0.25, 0.3) is 0 Å². The fourth-order valence-corrected chi connectivity index (χ4v) is 0.851. The third-order valence-corrected chi connectivity index (χ3v) is 1.81. The van der Waals surface area contributed by atoms with E-state index >= 15 is 0 Å². The largest absolute Gasteiger partial charge is 0.414 e. The lowest BCUT2D eigenvalue weighted by Gasteiger charge is -2.16. The topological polar surface area (TPSA) is 30.5 Å². The number of hydrogen-bond donors (Lipinski definition) is 1. The number of methoxy groups -OCH3 is 1. The van der Waals surface area contributed by atoms with Gasteiger partial charge in [-0.25, -0.2) is 0 Å². The third-order valence-electron chi connectivity index (χ3n) is 1.81. The van der Waals surface area contributed by atoms with Crippen LogP contribution in [-0.4, -0.2) is 45.7 Å². The van der Waals surface area contributed by atoms with Crippen molar-refractivity contribution in [3.8, 4) is 0 Å². The minimum Gasteiger partial charge on any atom is -0.383 e. The van der Waals surface area contributed by atoms with E-state index in [1.165, 1.54) is 0 Å². The van der Waals surface area contributed by atoms with Crippen molar-refractivity contribution < 1.29 is 22.6 Å². The lowest BCUT2D eigenvalue weighted by Crippen LogP contribution is -2.29. The highest BCUT2D eigenvalue weighted by Gasteiger charge is 2.36. The molecule has 0 heterocycles. The van der Waals surface area contributed by atoms with Crippen LogP contribution in [-0.2, 0) is 9.47 Å². The Morgan fingerprint density at radius 3 is 2.40 bits per heavy atom. The van der Waals surface area contributed by atoms with Gasteiger partial charge in [0.1, 0.15) is 0 Å². The van der Waals surface area contributed by atoms with Crippen LogP contribution < -0.4 is 5.32 Å². The summed E-state index contributed by atoms with van der Waals surface area (Å²) in [6.45, 7) is 3.05. The summed E-state index contributed by atoms with van der Waals surface area (Å²) in [6, 6.07) is 0. The first-order chi connectivity index (χ1) is 6.98. The first kappa shape index (κ1) is 14.7. The molecule has 92 valence electrons. The molecule has 0 spiro atoms. The Morgan fingerprint density at radius 1 is 1.20 bits per heavy atom. The molecule has 0 bridgehead atoms. The highest BCUT2D eigenvalue weighted by molar-refractivity contribution is 4.60. The molecule has 0 aliphatic rings. The number of nitrogens with one attached hydrogen (secondary N) is 1. The molecule has 0 aromatic rings. The zero-order valence-corrected chi connectivity index (χ0v) is 9.06. The summed E-state index contributed by atoms with van der Waals surface area (Å²) in [5.74, 6) is 0. The van der Waals surface area contributed by atoms with E-state index in [-0.39, 0.29) is 6.61 Å². The van der Waals surface area contributed by atoms with Crippen molar-refractivity contribution in [2.24, 2.45) is 0 Å². The van der Waals surface area contributed by atoms with Gasteiger partial charge in [0.2, 0.25) is 0 Å². The molecule has 0 fully saturated rings. The lowest BCUT2D eigenvalue weighted by atomic mass is 10.4. The standard InChI is InChI=1S/C9H18F3NO2/c1-8(9(10,11)12)15-6-3-4-13-5-7-14-2/h8,13H,3-7H2,1-2H3.